The minimum atomic E-state index is -4.96. The van der Waals surface area contributed by atoms with Gasteiger partial charge >= 0.3 is 6.18 Å². The second-order valence-corrected chi connectivity index (χ2v) is 3.09. The molecule has 0 aliphatic rings. The van der Waals surface area contributed by atoms with Gasteiger partial charge in [0.15, 0.2) is 0 Å². The molecule has 3 nitrogen and oxygen atoms in total. The van der Waals surface area contributed by atoms with Gasteiger partial charge in [-0.1, -0.05) is 0 Å². The quantitative estimate of drug-likeness (QED) is 0.845. The lowest BCUT2D eigenvalue weighted by molar-refractivity contribution is -0.141. The Hall–Kier alpha value is -1.44. The number of methoxy groups -OCH3 is 1. The highest BCUT2D eigenvalue weighted by Crippen LogP contribution is 2.41. The third kappa shape index (κ3) is 2.82. The average molecular weight is 256 g/mol. The van der Waals surface area contributed by atoms with Crippen molar-refractivity contribution in [3.8, 4) is 5.88 Å². The Morgan fingerprint density at radius 2 is 2.00 bits per heavy atom. The lowest BCUT2D eigenvalue weighted by Gasteiger charge is -2.16. The van der Waals surface area contributed by atoms with Crippen molar-refractivity contribution < 1.29 is 26.7 Å². The standard InChI is InChI=1S/C9H9F5N2O/c1-17-8-6(9(12,13)14)5(7(10)11)2-4(3-15)16-8/h2,7H,3,15H2,1H3. The Bertz CT molecular complexity index is 405. The Labute approximate surface area is 93.4 Å². The molecule has 1 aromatic rings. The van der Waals surface area contributed by atoms with Crippen molar-refractivity contribution in [2.24, 2.45) is 5.73 Å². The van der Waals surface area contributed by atoms with Crippen molar-refractivity contribution in [2.45, 2.75) is 19.1 Å². The van der Waals surface area contributed by atoms with Crippen molar-refractivity contribution in [3.05, 3.63) is 22.9 Å². The summed E-state index contributed by atoms with van der Waals surface area (Å²) >= 11 is 0. The summed E-state index contributed by atoms with van der Waals surface area (Å²) in [4.78, 5) is 3.42. The van der Waals surface area contributed by atoms with Crippen LogP contribution in [0.15, 0.2) is 6.07 Å². The van der Waals surface area contributed by atoms with Gasteiger partial charge < -0.3 is 10.5 Å². The van der Waals surface area contributed by atoms with Gasteiger partial charge in [-0.05, 0) is 6.07 Å². The lowest BCUT2D eigenvalue weighted by atomic mass is 10.1. The van der Waals surface area contributed by atoms with Crippen molar-refractivity contribution in [2.75, 3.05) is 7.11 Å². The fraction of sp³-hybridized carbons (Fsp3) is 0.444. The summed E-state index contributed by atoms with van der Waals surface area (Å²) in [6.45, 7) is -0.256. The Morgan fingerprint density at radius 3 is 2.35 bits per heavy atom. The van der Waals surface area contributed by atoms with Crippen LogP contribution in [0.2, 0.25) is 0 Å². The van der Waals surface area contributed by atoms with E-state index < -0.39 is 29.6 Å². The largest absolute Gasteiger partial charge is 0.481 e. The fourth-order valence-electron chi connectivity index (χ4n) is 1.30. The smallest absolute Gasteiger partial charge is 0.422 e. The van der Waals surface area contributed by atoms with E-state index in [0.29, 0.717) is 6.07 Å². The number of nitrogens with zero attached hydrogens (tertiary/aromatic N) is 1. The van der Waals surface area contributed by atoms with Crippen molar-refractivity contribution in [3.63, 3.8) is 0 Å². The molecule has 1 aromatic heterocycles. The number of pyridine rings is 1. The highest BCUT2D eigenvalue weighted by atomic mass is 19.4. The number of nitrogens with two attached hydrogens (primary N) is 1. The SMILES string of the molecule is COc1nc(CN)cc(C(F)F)c1C(F)(F)F. The molecule has 0 fully saturated rings. The van der Waals surface area contributed by atoms with Gasteiger partial charge in [-0.2, -0.15) is 13.2 Å². The topological polar surface area (TPSA) is 48.1 Å². The maximum Gasteiger partial charge on any atom is 0.422 e. The van der Waals surface area contributed by atoms with Crippen LogP contribution < -0.4 is 10.5 Å². The van der Waals surface area contributed by atoms with Crippen LogP contribution in [0.25, 0.3) is 0 Å². The molecule has 0 atom stereocenters. The summed E-state index contributed by atoms with van der Waals surface area (Å²) in [6, 6.07) is 0.635. The molecule has 0 unspecified atom stereocenters. The molecular formula is C9H9F5N2O. The molecule has 0 bridgehead atoms. The maximum atomic E-state index is 12.6. The molecule has 8 heteroatoms. The molecular weight excluding hydrogens is 247 g/mol. The zero-order valence-electron chi connectivity index (χ0n) is 8.68. The van der Waals surface area contributed by atoms with Gasteiger partial charge in [-0.3, -0.25) is 0 Å². The number of hydrogen-bond donors (Lipinski definition) is 1. The summed E-state index contributed by atoms with van der Waals surface area (Å²) < 4.78 is 67.3. The monoisotopic (exact) mass is 256 g/mol. The summed E-state index contributed by atoms with van der Waals surface area (Å²) in [5.74, 6) is -0.893. The highest BCUT2D eigenvalue weighted by molar-refractivity contribution is 5.40. The number of alkyl halides is 5. The summed E-state index contributed by atoms with van der Waals surface area (Å²) in [5, 5.41) is 0. The predicted molar refractivity (Wildman–Crippen MR) is 48.6 cm³/mol. The molecule has 0 spiro atoms. The van der Waals surface area contributed by atoms with Gasteiger partial charge in [-0.15, -0.1) is 0 Å². The van der Waals surface area contributed by atoms with Gasteiger partial charge in [0.25, 0.3) is 6.43 Å². The summed E-state index contributed by atoms with van der Waals surface area (Å²) in [5.41, 5.74) is 2.33. The zero-order chi connectivity index (χ0) is 13.2. The van der Waals surface area contributed by atoms with E-state index in [1.165, 1.54) is 0 Å². The Balaban J connectivity index is 3.53. The minimum absolute atomic E-state index is 0.0925. The minimum Gasteiger partial charge on any atom is -0.481 e. The molecule has 0 aromatic carbocycles. The summed E-state index contributed by atoms with van der Waals surface area (Å²) in [7, 11) is 0.924. The van der Waals surface area contributed by atoms with Gasteiger partial charge in [0.2, 0.25) is 5.88 Å². The van der Waals surface area contributed by atoms with E-state index in [0.717, 1.165) is 7.11 Å². The first kappa shape index (κ1) is 13.6. The van der Waals surface area contributed by atoms with Gasteiger partial charge in [0.1, 0.15) is 5.56 Å². The number of aromatic nitrogens is 1. The predicted octanol–water partition coefficient (Wildman–Crippen LogP) is 2.51. The van der Waals surface area contributed by atoms with E-state index in [9.17, 15) is 22.0 Å². The first-order valence-corrected chi connectivity index (χ1v) is 4.44. The van der Waals surface area contributed by atoms with E-state index in [-0.39, 0.29) is 12.2 Å². The van der Waals surface area contributed by atoms with Crippen LogP contribution in [0.3, 0.4) is 0 Å². The molecule has 0 aliphatic heterocycles. The van der Waals surface area contributed by atoms with E-state index >= 15 is 0 Å². The van der Waals surface area contributed by atoms with Crippen LogP contribution in [0.5, 0.6) is 5.88 Å². The van der Waals surface area contributed by atoms with Crippen LogP contribution >= 0.6 is 0 Å². The van der Waals surface area contributed by atoms with Gasteiger partial charge in [0, 0.05) is 12.1 Å². The third-order valence-electron chi connectivity index (χ3n) is 1.99. The van der Waals surface area contributed by atoms with E-state index in [1.807, 2.05) is 0 Å². The number of hydrogen-bond acceptors (Lipinski definition) is 3. The molecule has 96 valence electrons. The zero-order valence-corrected chi connectivity index (χ0v) is 8.68. The number of ether oxygens (including phenoxy) is 1. The molecule has 0 radical (unpaired) electrons. The van der Waals surface area contributed by atoms with E-state index in [4.69, 9.17) is 5.73 Å². The van der Waals surface area contributed by atoms with Crippen molar-refractivity contribution >= 4 is 0 Å². The van der Waals surface area contributed by atoms with Crippen LogP contribution in [0.4, 0.5) is 22.0 Å². The Morgan fingerprint density at radius 1 is 1.41 bits per heavy atom. The second-order valence-electron chi connectivity index (χ2n) is 3.09. The number of rotatable bonds is 3. The lowest BCUT2D eigenvalue weighted by Crippen LogP contribution is -2.15. The normalized spacial score (nSPS) is 12.0. The van der Waals surface area contributed by atoms with Crippen LogP contribution in [-0.2, 0) is 12.7 Å². The second kappa shape index (κ2) is 4.82. The van der Waals surface area contributed by atoms with Crippen LogP contribution in [-0.4, -0.2) is 12.1 Å². The molecule has 1 heterocycles. The van der Waals surface area contributed by atoms with Crippen LogP contribution in [0.1, 0.15) is 23.2 Å². The summed E-state index contributed by atoms with van der Waals surface area (Å²) in [6.07, 6.45) is -8.24. The molecule has 17 heavy (non-hydrogen) atoms. The van der Waals surface area contributed by atoms with E-state index in [2.05, 4.69) is 9.72 Å². The molecule has 0 aliphatic carbocycles. The van der Waals surface area contributed by atoms with Gasteiger partial charge in [0.05, 0.1) is 12.8 Å². The van der Waals surface area contributed by atoms with Crippen molar-refractivity contribution in [1.29, 1.82) is 0 Å². The van der Waals surface area contributed by atoms with Gasteiger partial charge in [-0.25, -0.2) is 13.8 Å². The first-order valence-electron chi connectivity index (χ1n) is 4.44. The molecule has 0 saturated heterocycles. The third-order valence-corrected chi connectivity index (χ3v) is 1.99. The fourth-order valence-corrected chi connectivity index (χ4v) is 1.30. The van der Waals surface area contributed by atoms with Crippen molar-refractivity contribution in [1.82, 2.24) is 4.98 Å². The molecule has 0 saturated carbocycles. The average Bonchev–Trinajstić information content (AvgIpc) is 2.25. The van der Waals surface area contributed by atoms with E-state index in [1.54, 1.807) is 0 Å². The Kier molecular flexibility index (Phi) is 3.87. The molecule has 1 rings (SSSR count). The maximum absolute atomic E-state index is 12.6. The molecule has 0 amide bonds. The first-order chi connectivity index (χ1) is 7.81. The van der Waals surface area contributed by atoms with Crippen LogP contribution in [0, 0.1) is 0 Å². The molecule has 2 N–H and O–H groups in total. The number of halogens is 5. The highest BCUT2D eigenvalue weighted by Gasteiger charge is 2.40.